The van der Waals surface area contributed by atoms with Crippen LogP contribution in [0.3, 0.4) is 0 Å². The van der Waals surface area contributed by atoms with E-state index in [9.17, 15) is 4.79 Å². The monoisotopic (exact) mass is 401 g/mol. The molecule has 3 aromatic carbocycles. The third-order valence-electron chi connectivity index (χ3n) is 5.95. The molecule has 0 bridgehead atoms. The maximum absolute atomic E-state index is 12.4. The molecule has 1 unspecified atom stereocenters. The van der Waals surface area contributed by atoms with Gasteiger partial charge in [0.05, 0.1) is 14.2 Å². The largest absolute Gasteiger partial charge is 0.493 e. The van der Waals surface area contributed by atoms with Crippen LogP contribution >= 0.6 is 0 Å². The van der Waals surface area contributed by atoms with Crippen LogP contribution in [0.1, 0.15) is 22.7 Å². The fourth-order valence-electron chi connectivity index (χ4n) is 4.50. The quantitative estimate of drug-likeness (QED) is 0.406. The molecule has 0 radical (unpaired) electrons. The third-order valence-corrected chi connectivity index (χ3v) is 5.95. The van der Waals surface area contributed by atoms with E-state index in [0.29, 0.717) is 17.8 Å². The van der Waals surface area contributed by atoms with Gasteiger partial charge in [-0.15, -0.1) is 0 Å². The maximum atomic E-state index is 12.4. The van der Waals surface area contributed by atoms with Crippen LogP contribution < -0.4 is 20.4 Å². The average Bonchev–Trinajstić information content (AvgIpc) is 2.78. The Kier molecular flexibility index (Phi) is 4.68. The van der Waals surface area contributed by atoms with Crippen LogP contribution in [-0.4, -0.2) is 20.8 Å². The van der Waals surface area contributed by atoms with Gasteiger partial charge in [-0.2, -0.15) is 0 Å². The lowest BCUT2D eigenvalue weighted by atomic mass is 9.89. The Hall–Kier alpha value is -3.31. The highest BCUT2D eigenvalue weighted by Gasteiger charge is 2.24. The SMILES string of the molecule is COc1cc2c(cc1OC)C(Cc1cc(=O)oc3c1ccc1ccccc13)NCC2. The molecule has 0 spiro atoms. The second kappa shape index (κ2) is 7.50. The molecule has 0 saturated carbocycles. The summed E-state index contributed by atoms with van der Waals surface area (Å²) in [5.74, 6) is 1.46. The zero-order valence-electron chi connectivity index (χ0n) is 17.0. The van der Waals surface area contributed by atoms with Gasteiger partial charge in [0, 0.05) is 22.9 Å². The minimum absolute atomic E-state index is 0.0741. The van der Waals surface area contributed by atoms with Gasteiger partial charge in [0.25, 0.3) is 0 Å². The Morgan fingerprint density at radius 2 is 1.80 bits per heavy atom. The fourth-order valence-corrected chi connectivity index (χ4v) is 4.50. The number of hydrogen-bond acceptors (Lipinski definition) is 5. The summed E-state index contributed by atoms with van der Waals surface area (Å²) in [4.78, 5) is 12.4. The number of rotatable bonds is 4. The van der Waals surface area contributed by atoms with E-state index in [2.05, 4.69) is 17.4 Å². The van der Waals surface area contributed by atoms with E-state index in [0.717, 1.165) is 40.4 Å². The first kappa shape index (κ1) is 18.7. The minimum Gasteiger partial charge on any atom is -0.493 e. The van der Waals surface area contributed by atoms with Crippen molar-refractivity contribution in [1.82, 2.24) is 5.32 Å². The van der Waals surface area contributed by atoms with Gasteiger partial charge in [-0.25, -0.2) is 4.79 Å². The molecule has 30 heavy (non-hydrogen) atoms. The first-order chi connectivity index (χ1) is 14.7. The predicted molar refractivity (Wildman–Crippen MR) is 118 cm³/mol. The van der Waals surface area contributed by atoms with Crippen molar-refractivity contribution in [3.63, 3.8) is 0 Å². The van der Waals surface area contributed by atoms with E-state index in [1.54, 1.807) is 20.3 Å². The lowest BCUT2D eigenvalue weighted by Gasteiger charge is -2.28. The highest BCUT2D eigenvalue weighted by atomic mass is 16.5. The topological polar surface area (TPSA) is 60.7 Å². The van der Waals surface area contributed by atoms with Gasteiger partial charge in [-0.3, -0.25) is 0 Å². The number of methoxy groups -OCH3 is 2. The molecular formula is C25H23NO4. The lowest BCUT2D eigenvalue weighted by molar-refractivity contribution is 0.352. The molecule has 152 valence electrons. The molecular weight excluding hydrogens is 378 g/mol. The molecule has 1 atom stereocenters. The molecule has 5 rings (SSSR count). The molecule has 0 aliphatic carbocycles. The molecule has 0 saturated heterocycles. The Balaban J connectivity index is 1.62. The van der Waals surface area contributed by atoms with Crippen LogP contribution in [-0.2, 0) is 12.8 Å². The summed E-state index contributed by atoms with van der Waals surface area (Å²) < 4.78 is 16.6. The summed E-state index contributed by atoms with van der Waals surface area (Å²) in [6.07, 6.45) is 1.61. The maximum Gasteiger partial charge on any atom is 0.336 e. The van der Waals surface area contributed by atoms with Crippen molar-refractivity contribution in [2.45, 2.75) is 18.9 Å². The molecule has 2 heterocycles. The third kappa shape index (κ3) is 3.12. The second-order valence-corrected chi connectivity index (χ2v) is 7.62. The van der Waals surface area contributed by atoms with Crippen LogP contribution in [0.5, 0.6) is 11.5 Å². The predicted octanol–water partition coefficient (Wildman–Crippen LogP) is 4.39. The minimum atomic E-state index is -0.322. The van der Waals surface area contributed by atoms with E-state index < -0.39 is 0 Å². The van der Waals surface area contributed by atoms with Crippen LogP contribution in [0.2, 0.25) is 0 Å². The number of ether oxygens (including phenoxy) is 2. The van der Waals surface area contributed by atoms with Gasteiger partial charge in [-0.1, -0.05) is 36.4 Å². The van der Waals surface area contributed by atoms with E-state index in [1.807, 2.05) is 36.4 Å². The van der Waals surface area contributed by atoms with Gasteiger partial charge in [0.15, 0.2) is 11.5 Å². The average molecular weight is 401 g/mol. The first-order valence-corrected chi connectivity index (χ1v) is 10.1. The molecule has 1 aliphatic rings. The van der Waals surface area contributed by atoms with Gasteiger partial charge in [0.1, 0.15) is 5.58 Å². The van der Waals surface area contributed by atoms with Crippen LogP contribution in [0.4, 0.5) is 0 Å². The Morgan fingerprint density at radius 1 is 1.00 bits per heavy atom. The summed E-state index contributed by atoms with van der Waals surface area (Å²) in [6.45, 7) is 0.870. The number of nitrogens with one attached hydrogen (secondary N) is 1. The van der Waals surface area contributed by atoms with E-state index >= 15 is 0 Å². The number of fused-ring (bicyclic) bond motifs is 4. The molecule has 0 fully saturated rings. The van der Waals surface area contributed by atoms with Crippen molar-refractivity contribution >= 4 is 21.7 Å². The summed E-state index contributed by atoms with van der Waals surface area (Å²) in [5, 5.41) is 6.59. The van der Waals surface area contributed by atoms with Gasteiger partial charge >= 0.3 is 5.63 Å². The standard InChI is InChI=1S/C25H23NO4/c1-28-22-12-16-9-10-26-21(20(16)14-23(22)29-2)11-17-13-24(27)30-25-18-6-4-3-5-15(18)7-8-19(17)25/h3-8,12-14,21,26H,9-11H2,1-2H3. The smallest absolute Gasteiger partial charge is 0.336 e. The Labute approximate surface area is 174 Å². The Morgan fingerprint density at radius 3 is 2.63 bits per heavy atom. The molecule has 0 amide bonds. The second-order valence-electron chi connectivity index (χ2n) is 7.62. The van der Waals surface area contributed by atoms with Gasteiger partial charge in [0.2, 0.25) is 0 Å². The van der Waals surface area contributed by atoms with E-state index in [-0.39, 0.29) is 11.7 Å². The summed E-state index contributed by atoms with van der Waals surface area (Å²) >= 11 is 0. The van der Waals surface area contributed by atoms with Crippen molar-refractivity contribution in [2.24, 2.45) is 0 Å². The summed E-state index contributed by atoms with van der Waals surface area (Å²) in [5.41, 5.74) is 3.73. The summed E-state index contributed by atoms with van der Waals surface area (Å²) in [7, 11) is 3.30. The van der Waals surface area contributed by atoms with Gasteiger partial charge < -0.3 is 19.2 Å². The van der Waals surface area contributed by atoms with Crippen LogP contribution in [0.15, 0.2) is 63.8 Å². The van der Waals surface area contributed by atoms with Crippen molar-refractivity contribution < 1.29 is 13.9 Å². The van der Waals surface area contributed by atoms with E-state index in [4.69, 9.17) is 13.9 Å². The molecule has 1 N–H and O–H groups in total. The fraction of sp³-hybridized carbons (Fsp3) is 0.240. The highest BCUT2D eigenvalue weighted by molar-refractivity contribution is 6.04. The van der Waals surface area contributed by atoms with E-state index in [1.165, 1.54) is 11.1 Å². The molecule has 1 aliphatic heterocycles. The van der Waals surface area contributed by atoms with Gasteiger partial charge in [-0.05, 0) is 53.6 Å². The van der Waals surface area contributed by atoms with Crippen molar-refractivity contribution in [3.8, 4) is 11.5 Å². The number of hydrogen-bond donors (Lipinski definition) is 1. The highest BCUT2D eigenvalue weighted by Crippen LogP contribution is 2.37. The normalized spacial score (nSPS) is 15.9. The summed E-state index contributed by atoms with van der Waals surface area (Å²) in [6, 6.07) is 17.9. The van der Waals surface area contributed by atoms with Crippen molar-refractivity contribution in [2.75, 3.05) is 20.8 Å². The Bertz CT molecular complexity index is 1310. The van der Waals surface area contributed by atoms with Crippen molar-refractivity contribution in [3.05, 3.63) is 81.7 Å². The molecule has 1 aromatic heterocycles. The lowest BCUT2D eigenvalue weighted by Crippen LogP contribution is -2.31. The zero-order chi connectivity index (χ0) is 20.7. The molecule has 5 heteroatoms. The first-order valence-electron chi connectivity index (χ1n) is 10.1. The van der Waals surface area contributed by atoms with Crippen molar-refractivity contribution in [1.29, 1.82) is 0 Å². The molecule has 5 nitrogen and oxygen atoms in total. The zero-order valence-corrected chi connectivity index (χ0v) is 17.0. The van der Waals surface area contributed by atoms with Crippen LogP contribution in [0, 0.1) is 0 Å². The van der Waals surface area contributed by atoms with Crippen LogP contribution in [0.25, 0.3) is 21.7 Å². The number of benzene rings is 3. The molecule has 4 aromatic rings.